The van der Waals surface area contributed by atoms with Gasteiger partial charge in [0.25, 0.3) is 5.91 Å². The zero-order chi connectivity index (χ0) is 12.5. The molecule has 0 unspecified atom stereocenters. The molecule has 1 N–H and O–H groups in total. The normalized spacial score (nSPS) is 14.7. The van der Waals surface area contributed by atoms with Gasteiger partial charge in [0.15, 0.2) is 0 Å². The number of H-pyrrole nitrogens is 1. The molecule has 5 heteroatoms. The monoisotopic (exact) mass is 324 g/mol. The van der Waals surface area contributed by atoms with Gasteiger partial charge < -0.3 is 9.88 Å². The summed E-state index contributed by atoms with van der Waals surface area (Å²) in [5.74, 6) is 0.0941. The van der Waals surface area contributed by atoms with Gasteiger partial charge in [-0.3, -0.25) is 4.79 Å². The predicted octanol–water partition coefficient (Wildman–Crippen LogP) is 3.64. The summed E-state index contributed by atoms with van der Waals surface area (Å²) < 4.78 is 0.915. The molecule has 1 aliphatic carbocycles. The Morgan fingerprint density at radius 1 is 1.56 bits per heavy atom. The Morgan fingerprint density at radius 3 is 2.94 bits per heavy atom. The Kier molecular flexibility index (Phi) is 3.26. The fourth-order valence-electron chi connectivity index (χ4n) is 1.97. The topological polar surface area (TPSA) is 36.1 Å². The molecule has 1 amide bonds. The molecule has 0 saturated heterocycles. The molecule has 3 rings (SSSR count). The van der Waals surface area contributed by atoms with Crippen molar-refractivity contribution in [1.82, 2.24) is 9.88 Å². The maximum atomic E-state index is 12.4. The zero-order valence-electron chi connectivity index (χ0n) is 9.73. The maximum Gasteiger partial charge on any atom is 0.270 e. The number of aromatic nitrogens is 1. The van der Waals surface area contributed by atoms with Crippen molar-refractivity contribution in [3.05, 3.63) is 44.8 Å². The summed E-state index contributed by atoms with van der Waals surface area (Å²) in [5, 5.41) is 2.05. The molecule has 18 heavy (non-hydrogen) atoms. The van der Waals surface area contributed by atoms with Crippen molar-refractivity contribution in [2.24, 2.45) is 0 Å². The molecule has 1 aliphatic rings. The molecule has 94 valence electrons. The summed E-state index contributed by atoms with van der Waals surface area (Å²) in [6.07, 6.45) is 4.04. The van der Waals surface area contributed by atoms with Crippen LogP contribution in [-0.4, -0.2) is 21.8 Å². The van der Waals surface area contributed by atoms with Crippen LogP contribution in [0.25, 0.3) is 0 Å². The second kappa shape index (κ2) is 4.90. The van der Waals surface area contributed by atoms with E-state index in [0.29, 0.717) is 11.7 Å². The van der Waals surface area contributed by atoms with Crippen molar-refractivity contribution in [3.63, 3.8) is 0 Å². The van der Waals surface area contributed by atoms with E-state index in [1.807, 2.05) is 17.0 Å². The first-order valence-electron chi connectivity index (χ1n) is 5.91. The molecule has 3 nitrogen and oxygen atoms in total. The molecule has 0 radical (unpaired) electrons. The lowest BCUT2D eigenvalue weighted by Gasteiger charge is -2.21. The molecule has 2 heterocycles. The van der Waals surface area contributed by atoms with E-state index in [1.54, 1.807) is 17.5 Å². The summed E-state index contributed by atoms with van der Waals surface area (Å²) in [6, 6.07) is 6.37. The lowest BCUT2D eigenvalue weighted by atomic mass is 10.3. The lowest BCUT2D eigenvalue weighted by Crippen LogP contribution is -2.32. The number of aromatic amines is 1. The van der Waals surface area contributed by atoms with Gasteiger partial charge in [-0.2, -0.15) is 0 Å². The zero-order valence-corrected chi connectivity index (χ0v) is 12.1. The minimum Gasteiger partial charge on any atom is -0.356 e. The first kappa shape index (κ1) is 12.0. The highest BCUT2D eigenvalue weighted by Gasteiger charge is 2.33. The second-order valence-electron chi connectivity index (χ2n) is 4.48. The predicted molar refractivity (Wildman–Crippen MR) is 75.7 cm³/mol. The molecular formula is C13H13BrN2OS. The quantitative estimate of drug-likeness (QED) is 0.915. The summed E-state index contributed by atoms with van der Waals surface area (Å²) in [4.78, 5) is 18.7. The van der Waals surface area contributed by atoms with Gasteiger partial charge in [-0.1, -0.05) is 6.07 Å². The molecule has 2 aromatic heterocycles. The number of nitrogens with one attached hydrogen (secondary N) is 1. The molecule has 1 fully saturated rings. The van der Waals surface area contributed by atoms with Gasteiger partial charge in [0, 0.05) is 21.6 Å². The third-order valence-corrected chi connectivity index (χ3v) is 4.35. The van der Waals surface area contributed by atoms with Crippen LogP contribution in [0.1, 0.15) is 28.2 Å². The smallest absolute Gasteiger partial charge is 0.270 e. The Balaban J connectivity index is 1.79. The van der Waals surface area contributed by atoms with E-state index in [9.17, 15) is 4.79 Å². The number of halogens is 1. The van der Waals surface area contributed by atoms with Crippen molar-refractivity contribution < 1.29 is 4.79 Å². The minimum atomic E-state index is 0.0941. The lowest BCUT2D eigenvalue weighted by molar-refractivity contribution is 0.0726. The number of hydrogen-bond donors (Lipinski definition) is 1. The number of hydrogen-bond acceptors (Lipinski definition) is 2. The molecule has 2 aromatic rings. The van der Waals surface area contributed by atoms with Gasteiger partial charge in [0.2, 0.25) is 0 Å². The second-order valence-corrected chi connectivity index (χ2v) is 6.42. The molecule has 1 saturated carbocycles. The Morgan fingerprint density at radius 2 is 2.39 bits per heavy atom. The van der Waals surface area contributed by atoms with Crippen molar-refractivity contribution in [2.75, 3.05) is 0 Å². The van der Waals surface area contributed by atoms with Gasteiger partial charge in [0.05, 0.1) is 6.54 Å². The molecule has 0 aliphatic heterocycles. The summed E-state index contributed by atoms with van der Waals surface area (Å²) in [6.45, 7) is 0.720. The first-order valence-corrected chi connectivity index (χ1v) is 7.58. The van der Waals surface area contributed by atoms with E-state index in [-0.39, 0.29) is 5.91 Å². The first-order chi connectivity index (χ1) is 8.74. The van der Waals surface area contributed by atoms with Crippen molar-refractivity contribution in [2.45, 2.75) is 25.4 Å². The number of thiophene rings is 1. The Labute approximate surface area is 118 Å². The largest absolute Gasteiger partial charge is 0.356 e. The average Bonchev–Trinajstić information content (AvgIpc) is 2.88. The van der Waals surface area contributed by atoms with Crippen LogP contribution >= 0.6 is 27.3 Å². The standard InChI is InChI=1S/C13H13BrN2OS/c14-9-6-12(15-7-9)13(17)16(10-3-4-10)8-11-2-1-5-18-11/h1-2,5-7,10,15H,3-4,8H2. The Hall–Kier alpha value is -1.07. The van der Waals surface area contributed by atoms with Crippen LogP contribution in [0.15, 0.2) is 34.2 Å². The third-order valence-electron chi connectivity index (χ3n) is 3.03. The summed E-state index contributed by atoms with van der Waals surface area (Å²) in [7, 11) is 0. The van der Waals surface area contributed by atoms with Crippen LogP contribution in [0.4, 0.5) is 0 Å². The van der Waals surface area contributed by atoms with E-state index in [0.717, 1.165) is 23.9 Å². The maximum absolute atomic E-state index is 12.4. The van der Waals surface area contributed by atoms with Crippen LogP contribution in [0.3, 0.4) is 0 Å². The molecule has 0 atom stereocenters. The van der Waals surface area contributed by atoms with E-state index >= 15 is 0 Å². The highest BCUT2D eigenvalue weighted by molar-refractivity contribution is 9.10. The van der Waals surface area contributed by atoms with Crippen LogP contribution in [-0.2, 0) is 6.54 Å². The number of carbonyl (C=O) groups excluding carboxylic acids is 1. The molecule has 0 aromatic carbocycles. The van der Waals surface area contributed by atoms with Crippen LogP contribution in [0.5, 0.6) is 0 Å². The highest BCUT2D eigenvalue weighted by atomic mass is 79.9. The van der Waals surface area contributed by atoms with Gasteiger partial charge >= 0.3 is 0 Å². The number of carbonyl (C=O) groups is 1. The average molecular weight is 325 g/mol. The minimum absolute atomic E-state index is 0.0941. The molecule has 0 bridgehead atoms. The van der Waals surface area contributed by atoms with E-state index in [4.69, 9.17) is 0 Å². The molecular weight excluding hydrogens is 312 g/mol. The van der Waals surface area contributed by atoms with Crippen LogP contribution in [0.2, 0.25) is 0 Å². The summed E-state index contributed by atoms with van der Waals surface area (Å²) >= 11 is 5.06. The van der Waals surface area contributed by atoms with Crippen molar-refractivity contribution in [1.29, 1.82) is 0 Å². The Bertz CT molecular complexity index is 545. The van der Waals surface area contributed by atoms with Gasteiger partial charge in [-0.15, -0.1) is 11.3 Å². The van der Waals surface area contributed by atoms with Crippen molar-refractivity contribution in [3.8, 4) is 0 Å². The molecule has 0 spiro atoms. The van der Waals surface area contributed by atoms with Crippen LogP contribution < -0.4 is 0 Å². The van der Waals surface area contributed by atoms with E-state index in [2.05, 4.69) is 32.4 Å². The fraction of sp³-hybridized carbons (Fsp3) is 0.308. The number of nitrogens with zero attached hydrogens (tertiary/aromatic N) is 1. The SMILES string of the molecule is O=C(c1cc(Br)c[nH]1)N(Cc1cccs1)C1CC1. The van der Waals surface area contributed by atoms with Crippen molar-refractivity contribution >= 4 is 33.2 Å². The van der Waals surface area contributed by atoms with Gasteiger partial charge in [0.1, 0.15) is 5.69 Å². The van der Waals surface area contributed by atoms with Crippen LogP contribution in [0, 0.1) is 0 Å². The van der Waals surface area contributed by atoms with Gasteiger partial charge in [-0.05, 0) is 46.3 Å². The van der Waals surface area contributed by atoms with E-state index in [1.165, 1.54) is 4.88 Å². The summed E-state index contributed by atoms with van der Waals surface area (Å²) in [5.41, 5.74) is 0.658. The fourth-order valence-corrected chi connectivity index (χ4v) is 3.02. The number of amides is 1. The number of rotatable bonds is 4. The highest BCUT2D eigenvalue weighted by Crippen LogP contribution is 2.30. The van der Waals surface area contributed by atoms with Gasteiger partial charge in [-0.25, -0.2) is 0 Å². The third kappa shape index (κ3) is 2.52. The van der Waals surface area contributed by atoms with E-state index < -0.39 is 0 Å².